The molecule has 0 spiro atoms. The molecule has 0 saturated carbocycles. The molecule has 53 heavy (non-hydrogen) atoms. The fourth-order valence-electron chi connectivity index (χ4n) is 7.54. The highest BCUT2D eigenvalue weighted by Gasteiger charge is 2.23. The standard InChI is InChI=1S/C46H27N5S2/c1-3-14-28(15-4-1)43-48-44(50-45(49-43)34-22-11-19-31-30-18-7-10-25-37(30)53-42(31)34)32-20-12-26-38-40(32)41-33(21-13-27-39(41)52-38)46-47-35-23-8-9-24-36(35)51(46)29-16-5-2-6-17-29/h1-27H. The molecule has 0 fully saturated rings. The smallest absolute Gasteiger partial charge is 0.165 e. The van der Waals surface area contributed by atoms with E-state index in [1.165, 1.54) is 29.6 Å². The maximum Gasteiger partial charge on any atom is 0.165 e. The lowest BCUT2D eigenvalue weighted by Crippen LogP contribution is -2.00. The molecule has 0 bridgehead atoms. The van der Waals surface area contributed by atoms with E-state index < -0.39 is 0 Å². The monoisotopic (exact) mass is 713 g/mol. The summed E-state index contributed by atoms with van der Waals surface area (Å²) in [5, 5.41) is 4.72. The molecular formula is C46H27N5S2. The number of hydrogen-bond acceptors (Lipinski definition) is 6. The number of para-hydroxylation sites is 3. The quantitative estimate of drug-likeness (QED) is 0.178. The van der Waals surface area contributed by atoms with E-state index in [0.717, 1.165) is 55.6 Å². The molecule has 0 aliphatic rings. The molecule has 0 unspecified atom stereocenters. The van der Waals surface area contributed by atoms with Gasteiger partial charge in [0.2, 0.25) is 0 Å². The van der Waals surface area contributed by atoms with Crippen LogP contribution in [0, 0.1) is 0 Å². The van der Waals surface area contributed by atoms with Gasteiger partial charge in [0.1, 0.15) is 5.82 Å². The zero-order valence-corrected chi connectivity index (χ0v) is 29.8. The van der Waals surface area contributed by atoms with Crippen LogP contribution < -0.4 is 0 Å². The number of fused-ring (bicyclic) bond motifs is 7. The average Bonchev–Trinajstić information content (AvgIpc) is 3.93. The highest BCUT2D eigenvalue weighted by atomic mass is 32.1. The van der Waals surface area contributed by atoms with Crippen LogP contribution in [-0.4, -0.2) is 24.5 Å². The Balaban J connectivity index is 1.20. The Labute approximate surface area is 312 Å². The summed E-state index contributed by atoms with van der Waals surface area (Å²) in [6.45, 7) is 0. The Hall–Kier alpha value is -6.54. The summed E-state index contributed by atoms with van der Waals surface area (Å²) in [5.41, 5.74) is 7.06. The van der Waals surface area contributed by atoms with E-state index in [2.05, 4.69) is 150 Å². The molecule has 7 aromatic carbocycles. The van der Waals surface area contributed by atoms with Gasteiger partial charge in [-0.05, 0) is 48.5 Å². The van der Waals surface area contributed by atoms with Crippen LogP contribution >= 0.6 is 22.7 Å². The van der Waals surface area contributed by atoms with Gasteiger partial charge < -0.3 is 0 Å². The molecule has 11 rings (SSSR count). The number of imidazole rings is 1. The topological polar surface area (TPSA) is 56.5 Å². The van der Waals surface area contributed by atoms with E-state index in [1.807, 2.05) is 18.2 Å². The van der Waals surface area contributed by atoms with Crippen LogP contribution in [0.15, 0.2) is 164 Å². The van der Waals surface area contributed by atoms with Crippen molar-refractivity contribution in [1.82, 2.24) is 24.5 Å². The number of nitrogens with zero attached hydrogens (tertiary/aromatic N) is 5. The van der Waals surface area contributed by atoms with Gasteiger partial charge in [0.15, 0.2) is 17.5 Å². The second kappa shape index (κ2) is 12.0. The molecule has 4 aromatic heterocycles. The van der Waals surface area contributed by atoms with Crippen LogP contribution in [0.2, 0.25) is 0 Å². The Bertz CT molecular complexity index is 3180. The first-order valence-corrected chi connectivity index (χ1v) is 19.1. The van der Waals surface area contributed by atoms with Crippen LogP contribution in [0.3, 0.4) is 0 Å². The van der Waals surface area contributed by atoms with Gasteiger partial charge in [0, 0.05) is 68.3 Å². The van der Waals surface area contributed by atoms with Crippen LogP contribution in [0.5, 0.6) is 0 Å². The van der Waals surface area contributed by atoms with E-state index in [4.69, 9.17) is 19.9 Å². The van der Waals surface area contributed by atoms with Crippen molar-refractivity contribution >= 4 is 74.1 Å². The zero-order chi connectivity index (χ0) is 34.9. The van der Waals surface area contributed by atoms with Gasteiger partial charge in [-0.15, -0.1) is 22.7 Å². The minimum absolute atomic E-state index is 0.642. The molecule has 0 amide bonds. The number of rotatable bonds is 5. The van der Waals surface area contributed by atoms with Crippen molar-refractivity contribution in [1.29, 1.82) is 0 Å². The molecule has 0 radical (unpaired) electrons. The van der Waals surface area contributed by atoms with Crippen LogP contribution in [-0.2, 0) is 0 Å². The van der Waals surface area contributed by atoms with Crippen molar-refractivity contribution in [3.8, 4) is 51.2 Å². The fraction of sp³-hybridized carbons (Fsp3) is 0. The summed E-state index contributed by atoms with van der Waals surface area (Å²) in [6, 6.07) is 57.1. The zero-order valence-electron chi connectivity index (χ0n) is 28.1. The van der Waals surface area contributed by atoms with E-state index in [9.17, 15) is 0 Å². The van der Waals surface area contributed by atoms with Crippen molar-refractivity contribution in [2.24, 2.45) is 0 Å². The molecule has 0 atom stereocenters. The molecule has 0 aliphatic carbocycles. The Morgan fingerprint density at radius 1 is 0.396 bits per heavy atom. The molecule has 0 N–H and O–H groups in total. The molecular weight excluding hydrogens is 687 g/mol. The number of benzene rings is 7. The van der Waals surface area contributed by atoms with Crippen molar-refractivity contribution in [2.75, 3.05) is 0 Å². The van der Waals surface area contributed by atoms with Gasteiger partial charge in [-0.25, -0.2) is 19.9 Å². The van der Waals surface area contributed by atoms with E-state index in [1.54, 1.807) is 22.7 Å². The summed E-state index contributed by atoms with van der Waals surface area (Å²) in [4.78, 5) is 21.0. The van der Waals surface area contributed by atoms with Gasteiger partial charge in [-0.1, -0.05) is 115 Å². The normalized spacial score (nSPS) is 11.8. The van der Waals surface area contributed by atoms with Gasteiger partial charge >= 0.3 is 0 Å². The van der Waals surface area contributed by atoms with E-state index in [-0.39, 0.29) is 0 Å². The highest BCUT2D eigenvalue weighted by molar-refractivity contribution is 7.26. The van der Waals surface area contributed by atoms with E-state index in [0.29, 0.717) is 17.5 Å². The minimum Gasteiger partial charge on any atom is -0.292 e. The largest absolute Gasteiger partial charge is 0.292 e. The maximum atomic E-state index is 5.33. The molecule has 4 heterocycles. The first kappa shape index (κ1) is 30.1. The third kappa shape index (κ3) is 4.82. The lowest BCUT2D eigenvalue weighted by molar-refractivity contribution is 1.08. The van der Waals surface area contributed by atoms with Gasteiger partial charge in [0.25, 0.3) is 0 Å². The van der Waals surface area contributed by atoms with Gasteiger partial charge in [-0.3, -0.25) is 4.57 Å². The Kier molecular flexibility index (Phi) is 6.83. The van der Waals surface area contributed by atoms with Crippen LogP contribution in [0.4, 0.5) is 0 Å². The van der Waals surface area contributed by atoms with E-state index >= 15 is 0 Å². The predicted octanol–water partition coefficient (Wildman–Crippen LogP) is 12.6. The molecule has 11 aromatic rings. The first-order chi connectivity index (χ1) is 26.3. The maximum absolute atomic E-state index is 5.33. The van der Waals surface area contributed by atoms with Crippen molar-refractivity contribution in [3.63, 3.8) is 0 Å². The second-order valence-electron chi connectivity index (χ2n) is 13.0. The third-order valence-electron chi connectivity index (χ3n) is 9.89. The first-order valence-electron chi connectivity index (χ1n) is 17.5. The fourth-order valence-corrected chi connectivity index (χ4v) is 9.91. The van der Waals surface area contributed by atoms with Crippen molar-refractivity contribution in [2.45, 2.75) is 0 Å². The molecule has 0 saturated heterocycles. The summed E-state index contributed by atoms with van der Waals surface area (Å²) < 4.78 is 7.05. The number of hydrogen-bond donors (Lipinski definition) is 0. The van der Waals surface area contributed by atoms with Gasteiger partial charge in [0.05, 0.1) is 11.0 Å². The highest BCUT2D eigenvalue weighted by Crippen LogP contribution is 2.45. The van der Waals surface area contributed by atoms with Crippen molar-refractivity contribution in [3.05, 3.63) is 164 Å². The van der Waals surface area contributed by atoms with Crippen molar-refractivity contribution < 1.29 is 0 Å². The molecule has 7 heteroatoms. The SMILES string of the molecule is c1ccc(-c2nc(-c3cccc4c3sc3ccccc34)nc(-c3cccc4sc5cccc(-c6nc7ccccc7n6-c6ccccc6)c5c34)n2)cc1. The summed E-state index contributed by atoms with van der Waals surface area (Å²) in [6.07, 6.45) is 0. The van der Waals surface area contributed by atoms with Crippen LogP contribution in [0.1, 0.15) is 0 Å². The van der Waals surface area contributed by atoms with Crippen LogP contribution in [0.25, 0.3) is 103 Å². The summed E-state index contributed by atoms with van der Waals surface area (Å²) in [7, 11) is 0. The lowest BCUT2D eigenvalue weighted by Gasteiger charge is -2.12. The minimum atomic E-state index is 0.642. The Morgan fingerprint density at radius 3 is 1.81 bits per heavy atom. The third-order valence-corrected chi connectivity index (χ3v) is 12.2. The lowest BCUT2D eigenvalue weighted by atomic mass is 10.0. The predicted molar refractivity (Wildman–Crippen MR) is 222 cm³/mol. The molecule has 5 nitrogen and oxygen atoms in total. The number of aromatic nitrogens is 5. The second-order valence-corrected chi connectivity index (χ2v) is 15.1. The summed E-state index contributed by atoms with van der Waals surface area (Å²) in [5.74, 6) is 2.85. The number of thiophene rings is 2. The average molecular weight is 714 g/mol. The molecule has 248 valence electrons. The summed E-state index contributed by atoms with van der Waals surface area (Å²) >= 11 is 3.57. The molecule has 0 aliphatic heterocycles. The van der Waals surface area contributed by atoms with Gasteiger partial charge in [-0.2, -0.15) is 0 Å². The Morgan fingerprint density at radius 2 is 0.981 bits per heavy atom.